The zero-order valence-electron chi connectivity index (χ0n) is 7.01. The summed E-state index contributed by atoms with van der Waals surface area (Å²) in [7, 11) is 0. The van der Waals surface area contributed by atoms with Gasteiger partial charge in [-0.05, 0) is 12.1 Å². The average molecular weight is 257 g/mol. The highest BCUT2D eigenvalue weighted by atomic mass is 35.5. The van der Waals surface area contributed by atoms with Crippen molar-refractivity contribution in [3.8, 4) is 5.75 Å². The lowest BCUT2D eigenvalue weighted by molar-refractivity contribution is -0.0502. The first-order valence-electron chi connectivity index (χ1n) is 3.59. The Morgan fingerprint density at radius 2 is 1.87 bits per heavy atom. The van der Waals surface area contributed by atoms with Crippen molar-refractivity contribution in [3.63, 3.8) is 0 Å². The third-order valence-corrected chi connectivity index (χ3v) is 2.09. The minimum atomic E-state index is -3.17. The highest BCUT2D eigenvalue weighted by molar-refractivity contribution is 6.36. The van der Waals surface area contributed by atoms with E-state index in [4.69, 9.17) is 28.3 Å². The van der Waals surface area contributed by atoms with Crippen LogP contribution in [0.3, 0.4) is 0 Å². The van der Waals surface area contributed by atoms with Gasteiger partial charge in [0.15, 0.2) is 5.75 Å². The number of hydrogen-bond acceptors (Lipinski definition) is 2. The van der Waals surface area contributed by atoms with Crippen LogP contribution in [0.25, 0.3) is 0 Å². The summed E-state index contributed by atoms with van der Waals surface area (Å²) < 4.78 is 27.9. The molecule has 15 heavy (non-hydrogen) atoms. The zero-order chi connectivity index (χ0) is 11.6. The molecule has 0 atom stereocenters. The Kier molecular flexibility index (Phi) is 3.71. The highest BCUT2D eigenvalue weighted by Gasteiger charge is 2.21. The molecule has 1 rings (SSSR count). The molecule has 1 aromatic rings. The van der Waals surface area contributed by atoms with Gasteiger partial charge in [-0.1, -0.05) is 23.2 Å². The number of rotatable bonds is 3. The van der Waals surface area contributed by atoms with Crippen LogP contribution >= 0.6 is 23.2 Å². The summed E-state index contributed by atoms with van der Waals surface area (Å²) >= 11 is 11.0. The lowest BCUT2D eigenvalue weighted by Crippen LogP contribution is -2.08. The minimum Gasteiger partial charge on any atom is -0.478 e. The molecule has 1 aromatic carbocycles. The van der Waals surface area contributed by atoms with Gasteiger partial charge in [-0.25, -0.2) is 4.79 Å². The molecule has 0 aromatic heterocycles. The maximum absolute atomic E-state index is 12.0. The summed E-state index contributed by atoms with van der Waals surface area (Å²) in [6.07, 6.45) is 0. The van der Waals surface area contributed by atoms with Gasteiger partial charge in [-0.15, -0.1) is 0 Å². The monoisotopic (exact) mass is 256 g/mol. The maximum Gasteiger partial charge on any atom is 0.387 e. The number of carboxylic acids is 1. The Morgan fingerprint density at radius 1 is 1.33 bits per heavy atom. The second-order valence-electron chi connectivity index (χ2n) is 2.42. The number of alkyl halides is 2. The lowest BCUT2D eigenvalue weighted by Gasteiger charge is -2.10. The topological polar surface area (TPSA) is 46.5 Å². The van der Waals surface area contributed by atoms with Gasteiger partial charge in [-0.2, -0.15) is 8.78 Å². The molecule has 82 valence electrons. The van der Waals surface area contributed by atoms with Crippen LogP contribution in [-0.4, -0.2) is 17.7 Å². The molecule has 0 aliphatic carbocycles. The SMILES string of the molecule is O=C(O)c1c(Cl)ccc(Cl)c1OC(F)F. The van der Waals surface area contributed by atoms with Crippen molar-refractivity contribution in [2.75, 3.05) is 0 Å². The molecule has 0 spiro atoms. The summed E-state index contributed by atoms with van der Waals surface area (Å²) in [6.45, 7) is -3.17. The van der Waals surface area contributed by atoms with Crippen molar-refractivity contribution in [3.05, 3.63) is 27.7 Å². The van der Waals surface area contributed by atoms with Gasteiger partial charge in [0, 0.05) is 0 Å². The van der Waals surface area contributed by atoms with Gasteiger partial charge >= 0.3 is 12.6 Å². The van der Waals surface area contributed by atoms with Crippen molar-refractivity contribution in [1.82, 2.24) is 0 Å². The van der Waals surface area contributed by atoms with Crippen LogP contribution in [0.2, 0.25) is 10.0 Å². The van der Waals surface area contributed by atoms with E-state index in [1.165, 1.54) is 12.1 Å². The minimum absolute atomic E-state index is 0.220. The van der Waals surface area contributed by atoms with Crippen LogP contribution in [0.4, 0.5) is 8.78 Å². The Labute approximate surface area is 93.2 Å². The standard InChI is InChI=1S/C8H4Cl2F2O3/c9-3-1-2-4(10)6(15-8(11)12)5(3)7(13)14/h1-2,8H,(H,13,14). The molecular weight excluding hydrogens is 253 g/mol. The first kappa shape index (κ1) is 12.0. The van der Waals surface area contributed by atoms with Crippen molar-refractivity contribution >= 4 is 29.2 Å². The van der Waals surface area contributed by atoms with E-state index in [1.54, 1.807) is 0 Å². The van der Waals surface area contributed by atoms with Crippen LogP contribution < -0.4 is 4.74 Å². The summed E-state index contributed by atoms with van der Waals surface area (Å²) in [5, 5.41) is 8.26. The van der Waals surface area contributed by atoms with E-state index in [0.29, 0.717) is 0 Å². The van der Waals surface area contributed by atoms with Crippen LogP contribution in [-0.2, 0) is 0 Å². The molecule has 0 aliphatic rings. The maximum atomic E-state index is 12.0. The van der Waals surface area contributed by atoms with Gasteiger partial charge in [-0.3, -0.25) is 0 Å². The Balaban J connectivity index is 3.31. The molecule has 3 nitrogen and oxygen atoms in total. The molecule has 0 fully saturated rings. The number of ether oxygens (including phenoxy) is 1. The van der Waals surface area contributed by atoms with E-state index in [9.17, 15) is 13.6 Å². The molecule has 0 aliphatic heterocycles. The van der Waals surface area contributed by atoms with Crippen molar-refractivity contribution in [2.24, 2.45) is 0 Å². The number of aromatic carboxylic acids is 1. The molecule has 0 bridgehead atoms. The van der Waals surface area contributed by atoms with Gasteiger partial charge in [0.1, 0.15) is 5.56 Å². The second kappa shape index (κ2) is 4.63. The number of carboxylic acid groups (broad SMARTS) is 1. The van der Waals surface area contributed by atoms with Crippen molar-refractivity contribution in [1.29, 1.82) is 0 Å². The van der Waals surface area contributed by atoms with Gasteiger partial charge < -0.3 is 9.84 Å². The number of carbonyl (C=O) groups is 1. The van der Waals surface area contributed by atoms with Gasteiger partial charge in [0.2, 0.25) is 0 Å². The quantitative estimate of drug-likeness (QED) is 0.903. The van der Waals surface area contributed by atoms with E-state index in [2.05, 4.69) is 4.74 Å². The third kappa shape index (κ3) is 2.70. The first-order chi connectivity index (χ1) is 6.93. The molecule has 0 unspecified atom stereocenters. The molecule has 0 heterocycles. The van der Waals surface area contributed by atoms with Crippen LogP contribution in [0.5, 0.6) is 5.75 Å². The van der Waals surface area contributed by atoms with E-state index >= 15 is 0 Å². The molecule has 0 amide bonds. The number of hydrogen-bond donors (Lipinski definition) is 1. The molecular formula is C8H4Cl2F2O3. The summed E-state index contributed by atoms with van der Waals surface area (Å²) in [6, 6.07) is 2.36. The van der Waals surface area contributed by atoms with Crippen LogP contribution in [0, 0.1) is 0 Å². The molecule has 0 saturated carbocycles. The van der Waals surface area contributed by atoms with E-state index in [-0.39, 0.29) is 10.0 Å². The summed E-state index contributed by atoms with van der Waals surface area (Å²) in [4.78, 5) is 10.7. The van der Waals surface area contributed by atoms with Crippen LogP contribution in [0.1, 0.15) is 10.4 Å². The van der Waals surface area contributed by atoms with E-state index in [0.717, 1.165) is 0 Å². The van der Waals surface area contributed by atoms with Crippen molar-refractivity contribution < 1.29 is 23.4 Å². The fourth-order valence-electron chi connectivity index (χ4n) is 0.937. The zero-order valence-corrected chi connectivity index (χ0v) is 8.52. The molecule has 1 N–H and O–H groups in total. The van der Waals surface area contributed by atoms with Crippen LogP contribution in [0.15, 0.2) is 12.1 Å². The Hall–Kier alpha value is -1.07. The fourth-order valence-corrected chi connectivity index (χ4v) is 1.37. The Bertz CT molecular complexity index is 396. The fraction of sp³-hybridized carbons (Fsp3) is 0.125. The first-order valence-corrected chi connectivity index (χ1v) is 4.35. The normalized spacial score (nSPS) is 10.5. The molecule has 7 heteroatoms. The molecule has 0 saturated heterocycles. The third-order valence-electron chi connectivity index (χ3n) is 1.48. The average Bonchev–Trinajstić information content (AvgIpc) is 2.10. The smallest absolute Gasteiger partial charge is 0.387 e. The predicted molar refractivity (Wildman–Crippen MR) is 50.1 cm³/mol. The lowest BCUT2D eigenvalue weighted by atomic mass is 10.2. The number of halogens is 4. The Morgan fingerprint density at radius 3 is 2.33 bits per heavy atom. The van der Waals surface area contributed by atoms with Gasteiger partial charge in [0.25, 0.3) is 0 Å². The second-order valence-corrected chi connectivity index (χ2v) is 3.23. The summed E-state index contributed by atoms with van der Waals surface area (Å²) in [5.41, 5.74) is -0.579. The summed E-state index contributed by atoms with van der Waals surface area (Å²) in [5.74, 6) is -2.12. The highest BCUT2D eigenvalue weighted by Crippen LogP contribution is 2.34. The van der Waals surface area contributed by atoms with E-state index < -0.39 is 23.9 Å². The largest absolute Gasteiger partial charge is 0.478 e. The van der Waals surface area contributed by atoms with Gasteiger partial charge in [0.05, 0.1) is 10.0 Å². The molecule has 0 radical (unpaired) electrons. The number of benzene rings is 1. The van der Waals surface area contributed by atoms with Crippen molar-refractivity contribution in [2.45, 2.75) is 6.61 Å². The van der Waals surface area contributed by atoms with E-state index in [1.807, 2.05) is 0 Å². The predicted octanol–water partition coefficient (Wildman–Crippen LogP) is 3.29.